The maximum atomic E-state index is 12.1. The highest BCUT2D eigenvalue weighted by Crippen LogP contribution is 2.32. The van der Waals surface area contributed by atoms with Gasteiger partial charge in [0.25, 0.3) is 16.8 Å². The Kier molecular flexibility index (Phi) is 5.30. The molecule has 26 heavy (non-hydrogen) atoms. The average Bonchev–Trinajstić information content (AvgIpc) is 2.60. The lowest BCUT2D eigenvalue weighted by Crippen LogP contribution is -2.49. The maximum absolute atomic E-state index is 12.1. The van der Waals surface area contributed by atoms with Crippen molar-refractivity contribution in [2.45, 2.75) is 13.8 Å². The molecule has 0 aliphatic heterocycles. The van der Waals surface area contributed by atoms with E-state index in [9.17, 15) is 24.3 Å². The molecular formula is C17H20N4O5. The fraction of sp³-hybridized carbons (Fsp3) is 0.294. The van der Waals surface area contributed by atoms with Gasteiger partial charge in [-0.25, -0.2) is 0 Å². The fourth-order valence-corrected chi connectivity index (χ4v) is 2.43. The smallest absolute Gasteiger partial charge is 0.257 e. The molecule has 0 fully saturated rings. The number of nitrogens with zero attached hydrogens (tertiary/aromatic N) is 2. The highest BCUT2D eigenvalue weighted by molar-refractivity contribution is 5.99. The number of nitrogens with one attached hydrogen (secondary N) is 2. The minimum Gasteiger partial charge on any atom is -0.505 e. The molecule has 0 heterocycles. The predicted molar refractivity (Wildman–Crippen MR) is 97.6 cm³/mol. The molecular weight excluding hydrogens is 340 g/mol. The first-order chi connectivity index (χ1) is 12.2. The predicted octanol–water partition coefficient (Wildman–Crippen LogP) is 0.311. The Balaban J connectivity index is 2.42. The van der Waals surface area contributed by atoms with Gasteiger partial charge >= 0.3 is 0 Å². The summed E-state index contributed by atoms with van der Waals surface area (Å²) in [6.07, 6.45) is 0. The van der Waals surface area contributed by atoms with E-state index in [1.54, 1.807) is 21.0 Å². The molecule has 0 saturated heterocycles. The average molecular weight is 360 g/mol. The van der Waals surface area contributed by atoms with E-state index in [-0.39, 0.29) is 34.9 Å². The largest absolute Gasteiger partial charge is 0.505 e. The first-order valence-corrected chi connectivity index (χ1v) is 7.87. The number of carbonyl (C=O) groups excluding carboxylic acids is 2. The van der Waals surface area contributed by atoms with Crippen LogP contribution in [0.15, 0.2) is 27.8 Å². The summed E-state index contributed by atoms with van der Waals surface area (Å²) in [5.41, 5.74) is 1.03. The van der Waals surface area contributed by atoms with Crippen LogP contribution in [0.2, 0.25) is 0 Å². The Bertz CT molecular complexity index is 928. The molecule has 0 radical (unpaired) electrons. The molecule has 2 aromatic rings. The number of hydrogen-bond acceptors (Lipinski definition) is 7. The summed E-state index contributed by atoms with van der Waals surface area (Å²) in [6.45, 7) is 3.23. The van der Waals surface area contributed by atoms with Crippen molar-refractivity contribution in [2.75, 3.05) is 31.0 Å². The third kappa shape index (κ3) is 3.37. The molecule has 9 heteroatoms. The van der Waals surface area contributed by atoms with Crippen LogP contribution < -0.4 is 26.6 Å². The summed E-state index contributed by atoms with van der Waals surface area (Å²) < 4.78 is 0. The second kappa shape index (κ2) is 7.26. The lowest BCUT2D eigenvalue weighted by molar-refractivity contribution is -0.119. The number of rotatable bonds is 6. The summed E-state index contributed by atoms with van der Waals surface area (Å²) in [4.78, 5) is 48.6. The van der Waals surface area contributed by atoms with Crippen LogP contribution in [0.3, 0.4) is 0 Å². The number of hydrazine groups is 1. The molecule has 2 amide bonds. The minimum atomic E-state index is -0.771. The highest BCUT2D eigenvalue weighted by atomic mass is 16.3. The summed E-state index contributed by atoms with van der Waals surface area (Å²) in [5, 5.41) is 14.3. The van der Waals surface area contributed by atoms with Crippen LogP contribution in [0.1, 0.15) is 24.2 Å². The summed E-state index contributed by atoms with van der Waals surface area (Å²) in [6, 6.07) is 4.45. The Hall–Kier alpha value is -3.36. The van der Waals surface area contributed by atoms with Crippen molar-refractivity contribution in [1.82, 2.24) is 10.3 Å². The number of phenolic OH excluding ortho intramolecular Hbond substituents is 1. The zero-order valence-corrected chi connectivity index (χ0v) is 14.9. The number of amides is 2. The van der Waals surface area contributed by atoms with Gasteiger partial charge in [-0.3, -0.25) is 29.6 Å². The summed E-state index contributed by atoms with van der Waals surface area (Å²) in [5.74, 6) is -1.15. The van der Waals surface area contributed by atoms with Crippen molar-refractivity contribution in [2.24, 2.45) is 0 Å². The second-order valence-electron chi connectivity index (χ2n) is 5.82. The molecule has 0 saturated carbocycles. The van der Waals surface area contributed by atoms with Crippen LogP contribution >= 0.6 is 0 Å². The molecule has 9 nitrogen and oxygen atoms in total. The zero-order chi connectivity index (χ0) is 19.6. The van der Waals surface area contributed by atoms with E-state index < -0.39 is 22.7 Å². The second-order valence-corrected chi connectivity index (χ2v) is 5.82. The van der Waals surface area contributed by atoms with Crippen LogP contribution in [0.5, 0.6) is 5.75 Å². The van der Waals surface area contributed by atoms with Crippen molar-refractivity contribution in [1.29, 1.82) is 0 Å². The molecule has 0 unspecified atom stereocenters. The van der Waals surface area contributed by atoms with E-state index in [1.165, 1.54) is 35.0 Å². The van der Waals surface area contributed by atoms with Gasteiger partial charge in [-0.15, -0.1) is 0 Å². The van der Waals surface area contributed by atoms with Crippen molar-refractivity contribution >= 4 is 28.9 Å². The lowest BCUT2D eigenvalue weighted by atomic mass is 10.1. The number of aromatic hydroxyl groups is 1. The molecule has 0 aromatic heterocycles. The lowest BCUT2D eigenvalue weighted by Gasteiger charge is -2.26. The number of benzene rings is 1. The zero-order valence-electron chi connectivity index (χ0n) is 14.9. The van der Waals surface area contributed by atoms with E-state index in [0.717, 1.165) is 0 Å². The van der Waals surface area contributed by atoms with Gasteiger partial charge in [0.05, 0.1) is 11.3 Å². The van der Waals surface area contributed by atoms with Gasteiger partial charge in [0.1, 0.15) is 11.4 Å². The van der Waals surface area contributed by atoms with Crippen LogP contribution in [0.25, 0.3) is 0 Å². The Morgan fingerprint density at radius 3 is 2.35 bits per heavy atom. The van der Waals surface area contributed by atoms with Gasteiger partial charge in [-0.05, 0) is 19.1 Å². The van der Waals surface area contributed by atoms with Crippen LogP contribution in [-0.2, 0) is 4.79 Å². The van der Waals surface area contributed by atoms with Gasteiger partial charge in [-0.2, -0.15) is 0 Å². The topological polar surface area (TPSA) is 119 Å². The molecule has 2 aromatic carbocycles. The van der Waals surface area contributed by atoms with Gasteiger partial charge < -0.3 is 15.3 Å². The van der Waals surface area contributed by atoms with Crippen LogP contribution in [0, 0.1) is 0 Å². The number of para-hydroxylation sites is 1. The molecule has 0 spiro atoms. The van der Waals surface area contributed by atoms with E-state index in [4.69, 9.17) is 0 Å². The number of phenols is 1. The number of hydrogen-bond donors (Lipinski definition) is 3. The summed E-state index contributed by atoms with van der Waals surface area (Å²) >= 11 is 0. The molecule has 2 rings (SSSR count). The van der Waals surface area contributed by atoms with Crippen molar-refractivity contribution in [3.05, 3.63) is 44.2 Å². The summed E-state index contributed by atoms with van der Waals surface area (Å²) in [7, 11) is 3.09. The highest BCUT2D eigenvalue weighted by Gasteiger charge is 2.27. The van der Waals surface area contributed by atoms with E-state index in [0.29, 0.717) is 0 Å². The first kappa shape index (κ1) is 19.0. The van der Waals surface area contributed by atoms with Crippen LogP contribution in [-0.4, -0.2) is 42.5 Å². The monoisotopic (exact) mass is 360 g/mol. The van der Waals surface area contributed by atoms with Crippen molar-refractivity contribution in [3.63, 3.8) is 0 Å². The normalized spacial score (nSPS) is 10.5. The van der Waals surface area contributed by atoms with Crippen LogP contribution in [0.4, 0.5) is 17.1 Å². The van der Waals surface area contributed by atoms with Gasteiger partial charge in [0.15, 0.2) is 5.75 Å². The Morgan fingerprint density at radius 1 is 1.15 bits per heavy atom. The van der Waals surface area contributed by atoms with Crippen molar-refractivity contribution in [3.8, 4) is 5.75 Å². The molecule has 138 valence electrons. The Labute approximate surface area is 149 Å². The van der Waals surface area contributed by atoms with Gasteiger partial charge in [-0.1, -0.05) is 6.07 Å². The third-order valence-corrected chi connectivity index (χ3v) is 3.70. The fourth-order valence-electron chi connectivity index (χ4n) is 2.43. The van der Waals surface area contributed by atoms with Crippen molar-refractivity contribution < 1.29 is 14.7 Å². The SMILES string of the molecule is CCN(NC(C)=O)c1c(Nc2cccc(C(=O)N(C)C)c2O)c(=O)c1=O. The number of anilines is 3. The van der Waals surface area contributed by atoms with E-state index >= 15 is 0 Å². The van der Waals surface area contributed by atoms with E-state index in [2.05, 4.69) is 10.7 Å². The van der Waals surface area contributed by atoms with E-state index in [1.807, 2.05) is 0 Å². The molecule has 0 bridgehead atoms. The quantitative estimate of drug-likeness (QED) is 0.385. The van der Waals surface area contributed by atoms with Gasteiger partial charge in [0.2, 0.25) is 5.91 Å². The molecule has 0 atom stereocenters. The Morgan fingerprint density at radius 2 is 1.81 bits per heavy atom. The minimum absolute atomic E-state index is 0.00330. The third-order valence-electron chi connectivity index (χ3n) is 3.70. The molecule has 0 aliphatic carbocycles. The standard InChI is InChI=1S/C17H20N4O5/c1-5-21(19-9(2)22)13-12(15(24)16(13)25)18-11-8-6-7-10(14(11)23)17(26)20(3)4/h6-8,18,23H,5H2,1-4H3,(H,19,22). The number of carbonyl (C=O) groups is 2. The van der Waals surface area contributed by atoms with Gasteiger partial charge in [0, 0.05) is 27.6 Å². The maximum Gasteiger partial charge on any atom is 0.257 e. The molecule has 0 aliphatic rings. The molecule has 3 N–H and O–H groups in total. The first-order valence-electron chi connectivity index (χ1n) is 7.87.